The monoisotopic (exact) mass is 342 g/mol. The van der Waals surface area contributed by atoms with Crippen LogP contribution in [0.3, 0.4) is 0 Å². The van der Waals surface area contributed by atoms with Gasteiger partial charge in [-0.25, -0.2) is 13.5 Å². The zero-order valence-electron chi connectivity index (χ0n) is 12.9. The number of hydrogen-bond donors (Lipinski definition) is 0. The van der Waals surface area contributed by atoms with Gasteiger partial charge < -0.3 is 9.47 Å². The molecule has 5 nitrogen and oxygen atoms in total. The van der Waals surface area contributed by atoms with Crippen LogP contribution in [-0.2, 0) is 6.54 Å². The largest absolute Gasteiger partial charge is 0.454 e. The van der Waals surface area contributed by atoms with E-state index in [0.717, 1.165) is 28.4 Å². The van der Waals surface area contributed by atoms with Crippen LogP contribution in [0.25, 0.3) is 11.3 Å². The van der Waals surface area contributed by atoms with Crippen molar-refractivity contribution in [3.05, 3.63) is 76.1 Å². The average molecular weight is 342 g/mol. The molecule has 1 aliphatic rings. The lowest BCUT2D eigenvalue weighted by atomic mass is 10.1. The van der Waals surface area contributed by atoms with Crippen molar-refractivity contribution in [3.63, 3.8) is 0 Å². The van der Waals surface area contributed by atoms with Crippen LogP contribution in [-0.4, -0.2) is 16.6 Å². The Morgan fingerprint density at radius 1 is 1.00 bits per heavy atom. The summed E-state index contributed by atoms with van der Waals surface area (Å²) in [7, 11) is 0. The molecule has 0 saturated carbocycles. The van der Waals surface area contributed by atoms with Crippen LogP contribution in [0.2, 0.25) is 0 Å². The van der Waals surface area contributed by atoms with Gasteiger partial charge in [0.25, 0.3) is 5.56 Å². The maximum absolute atomic E-state index is 13.8. The number of aromatic nitrogens is 2. The van der Waals surface area contributed by atoms with Crippen molar-refractivity contribution in [1.82, 2.24) is 9.78 Å². The van der Waals surface area contributed by atoms with Gasteiger partial charge in [0.15, 0.2) is 11.5 Å². The van der Waals surface area contributed by atoms with Gasteiger partial charge in [0.1, 0.15) is 11.6 Å². The molecular formula is C18H12F2N2O3. The lowest BCUT2D eigenvalue weighted by molar-refractivity contribution is 0.174. The third-order valence-corrected chi connectivity index (χ3v) is 3.86. The van der Waals surface area contributed by atoms with Gasteiger partial charge in [-0.15, -0.1) is 0 Å². The van der Waals surface area contributed by atoms with Crippen LogP contribution in [0.4, 0.5) is 8.78 Å². The van der Waals surface area contributed by atoms with Crippen LogP contribution in [0, 0.1) is 11.6 Å². The van der Waals surface area contributed by atoms with Crippen molar-refractivity contribution in [2.24, 2.45) is 0 Å². The summed E-state index contributed by atoms with van der Waals surface area (Å²) in [6.07, 6.45) is 0. The molecule has 0 saturated heterocycles. The first-order chi connectivity index (χ1) is 12.1. The maximum atomic E-state index is 13.8. The summed E-state index contributed by atoms with van der Waals surface area (Å²) in [5.41, 5.74) is 0.873. The van der Waals surface area contributed by atoms with Crippen molar-refractivity contribution >= 4 is 0 Å². The fourth-order valence-electron chi connectivity index (χ4n) is 2.60. The lowest BCUT2D eigenvalue weighted by Gasteiger charge is -2.09. The highest BCUT2D eigenvalue weighted by atomic mass is 19.1. The zero-order valence-corrected chi connectivity index (χ0v) is 12.9. The molecule has 4 rings (SSSR count). The van der Waals surface area contributed by atoms with Gasteiger partial charge in [-0.3, -0.25) is 4.79 Å². The topological polar surface area (TPSA) is 53.4 Å². The van der Waals surface area contributed by atoms with E-state index in [2.05, 4.69) is 5.10 Å². The van der Waals surface area contributed by atoms with Gasteiger partial charge in [-0.1, -0.05) is 0 Å². The molecule has 0 aliphatic carbocycles. The molecule has 3 aromatic rings. The van der Waals surface area contributed by atoms with Crippen LogP contribution < -0.4 is 15.0 Å². The molecule has 0 unspecified atom stereocenters. The fraction of sp³-hybridized carbons (Fsp3) is 0.111. The number of rotatable bonds is 3. The molecule has 1 aliphatic heterocycles. The smallest absolute Gasteiger partial charge is 0.267 e. The number of fused-ring (bicyclic) bond motifs is 1. The second-order valence-electron chi connectivity index (χ2n) is 5.52. The Balaban J connectivity index is 1.71. The molecule has 2 heterocycles. The summed E-state index contributed by atoms with van der Waals surface area (Å²) in [5.74, 6) is 0.0621. The minimum Gasteiger partial charge on any atom is -0.454 e. The highest BCUT2D eigenvalue weighted by Gasteiger charge is 2.15. The molecule has 2 aromatic carbocycles. The molecule has 0 amide bonds. The number of benzene rings is 2. The molecule has 0 spiro atoms. The van der Waals surface area contributed by atoms with Crippen LogP contribution in [0.1, 0.15) is 5.56 Å². The van der Waals surface area contributed by atoms with Crippen LogP contribution in [0.5, 0.6) is 11.5 Å². The third-order valence-electron chi connectivity index (χ3n) is 3.86. The van der Waals surface area contributed by atoms with Crippen molar-refractivity contribution < 1.29 is 18.3 Å². The molecule has 0 atom stereocenters. The first-order valence-corrected chi connectivity index (χ1v) is 7.52. The highest BCUT2D eigenvalue weighted by molar-refractivity contribution is 5.63. The van der Waals surface area contributed by atoms with E-state index in [4.69, 9.17) is 9.47 Å². The Morgan fingerprint density at radius 2 is 1.84 bits per heavy atom. The first kappa shape index (κ1) is 15.3. The number of halogens is 2. The average Bonchev–Trinajstić information content (AvgIpc) is 3.07. The fourth-order valence-corrected chi connectivity index (χ4v) is 2.60. The van der Waals surface area contributed by atoms with E-state index < -0.39 is 17.2 Å². The second-order valence-corrected chi connectivity index (χ2v) is 5.52. The molecule has 0 radical (unpaired) electrons. The van der Waals surface area contributed by atoms with Gasteiger partial charge in [0, 0.05) is 17.2 Å². The second kappa shape index (κ2) is 6.01. The van der Waals surface area contributed by atoms with Gasteiger partial charge in [0.05, 0.1) is 12.2 Å². The van der Waals surface area contributed by atoms with Gasteiger partial charge in [-0.2, -0.15) is 5.10 Å². The quantitative estimate of drug-likeness (QED) is 0.734. The molecular weight excluding hydrogens is 330 g/mol. The lowest BCUT2D eigenvalue weighted by Crippen LogP contribution is -2.23. The van der Waals surface area contributed by atoms with E-state index in [-0.39, 0.29) is 18.9 Å². The van der Waals surface area contributed by atoms with Crippen LogP contribution in [0.15, 0.2) is 53.3 Å². The number of nitrogens with zero attached hydrogens (tertiary/aromatic N) is 2. The minimum absolute atomic E-state index is 0.0532. The predicted octanol–water partition coefficient (Wildman–Crippen LogP) is 2.97. The van der Waals surface area contributed by atoms with E-state index in [9.17, 15) is 13.6 Å². The maximum Gasteiger partial charge on any atom is 0.267 e. The Hall–Kier alpha value is -3.22. The van der Waals surface area contributed by atoms with Crippen LogP contribution >= 0.6 is 0 Å². The SMILES string of the molecule is O=c1ccc(-c2ccc3c(c2)OCO3)nn1Cc1cc(F)ccc1F. The first-order valence-electron chi connectivity index (χ1n) is 7.52. The minimum atomic E-state index is -0.594. The van der Waals surface area contributed by atoms with Crippen molar-refractivity contribution in [3.8, 4) is 22.8 Å². The van der Waals surface area contributed by atoms with Gasteiger partial charge in [-0.05, 0) is 42.5 Å². The molecule has 126 valence electrons. The zero-order chi connectivity index (χ0) is 17.4. The summed E-state index contributed by atoms with van der Waals surface area (Å²) in [4.78, 5) is 12.0. The molecule has 0 fully saturated rings. The van der Waals surface area contributed by atoms with E-state index in [1.165, 1.54) is 6.07 Å². The molecule has 0 bridgehead atoms. The highest BCUT2D eigenvalue weighted by Crippen LogP contribution is 2.35. The Kier molecular flexibility index (Phi) is 3.68. The van der Waals surface area contributed by atoms with E-state index in [1.807, 2.05) is 0 Å². The third kappa shape index (κ3) is 2.96. The summed E-state index contributed by atoms with van der Waals surface area (Å²) >= 11 is 0. The molecule has 25 heavy (non-hydrogen) atoms. The number of hydrogen-bond acceptors (Lipinski definition) is 4. The van der Waals surface area contributed by atoms with Crippen molar-refractivity contribution in [2.45, 2.75) is 6.54 Å². The summed E-state index contributed by atoms with van der Waals surface area (Å²) in [6, 6.07) is 11.3. The van der Waals surface area contributed by atoms with Crippen molar-refractivity contribution in [2.75, 3.05) is 6.79 Å². The summed E-state index contributed by atoms with van der Waals surface area (Å²) in [5, 5.41) is 4.25. The van der Waals surface area contributed by atoms with Gasteiger partial charge >= 0.3 is 0 Å². The number of ether oxygens (including phenoxy) is 2. The standard InChI is InChI=1S/C18H12F2N2O3/c19-13-2-3-14(20)12(7-13)9-22-18(23)6-4-15(21-22)11-1-5-16-17(8-11)25-10-24-16/h1-8H,9-10H2. The summed E-state index contributed by atoms with van der Waals surface area (Å²) < 4.78 is 38.8. The van der Waals surface area contributed by atoms with Crippen molar-refractivity contribution in [1.29, 1.82) is 0 Å². The Bertz CT molecular complexity index is 1020. The normalized spacial score (nSPS) is 12.4. The van der Waals surface area contributed by atoms with E-state index in [0.29, 0.717) is 17.2 Å². The molecule has 7 heteroatoms. The summed E-state index contributed by atoms with van der Waals surface area (Å²) in [6.45, 7) is -0.00855. The Morgan fingerprint density at radius 3 is 2.72 bits per heavy atom. The van der Waals surface area contributed by atoms with E-state index in [1.54, 1.807) is 24.3 Å². The predicted molar refractivity (Wildman–Crippen MR) is 85.5 cm³/mol. The van der Waals surface area contributed by atoms with E-state index >= 15 is 0 Å². The van der Waals surface area contributed by atoms with Gasteiger partial charge in [0.2, 0.25) is 6.79 Å². The Labute approximate surface area is 141 Å². The molecule has 1 aromatic heterocycles. The molecule has 0 N–H and O–H groups in total.